The van der Waals surface area contributed by atoms with E-state index in [1.54, 1.807) is 6.08 Å². The normalized spacial score (nSPS) is 22.0. The predicted octanol–water partition coefficient (Wildman–Crippen LogP) is 20.2. The maximum absolute atomic E-state index is 13.4. The van der Waals surface area contributed by atoms with Gasteiger partial charge < -0.3 is 65.1 Å². The SMILES string of the molecule is CCCCCCCCCCCCCCCCCCCCCCCCCCCCC/C=C/CC/C=C/C(O)C(COC1OC(CO)C(OC2OC(CO)C(O)C(O)C2O)C(O)C1O)NC(=O)CCCCCCCCCCCCCCCCCCCCCCCCCCCCCCCCCC. The van der Waals surface area contributed by atoms with Gasteiger partial charge in [-0.05, 0) is 32.1 Å². The molecule has 99 heavy (non-hydrogen) atoms. The number of hydrogen-bond donors (Lipinski definition) is 9. The molecule has 0 aromatic heterocycles. The van der Waals surface area contributed by atoms with Gasteiger partial charge in [0.2, 0.25) is 5.91 Å². The number of carbonyl (C=O) groups is 1. The smallest absolute Gasteiger partial charge is 0.220 e. The number of allylic oxidation sites excluding steroid dienone is 3. The van der Waals surface area contributed by atoms with Crippen molar-refractivity contribution in [2.45, 2.75) is 492 Å². The van der Waals surface area contributed by atoms with Crippen LogP contribution in [-0.2, 0) is 23.7 Å². The number of amides is 1. The van der Waals surface area contributed by atoms with Crippen LogP contribution in [-0.4, -0.2) is 140 Å². The Morgan fingerprint density at radius 2 is 0.646 bits per heavy atom. The summed E-state index contributed by atoms with van der Waals surface area (Å²) >= 11 is 0. The van der Waals surface area contributed by atoms with Gasteiger partial charge in [-0.2, -0.15) is 0 Å². The number of nitrogens with one attached hydrogen (secondary N) is 1. The molecule has 2 rings (SSSR count). The maximum atomic E-state index is 13.4. The summed E-state index contributed by atoms with van der Waals surface area (Å²) in [4.78, 5) is 13.4. The zero-order chi connectivity index (χ0) is 71.5. The van der Waals surface area contributed by atoms with E-state index >= 15 is 0 Å². The van der Waals surface area contributed by atoms with Crippen LogP contribution >= 0.6 is 0 Å². The Morgan fingerprint density at radius 3 is 0.990 bits per heavy atom. The Hall–Kier alpha value is -1.53. The van der Waals surface area contributed by atoms with Crippen molar-refractivity contribution in [3.8, 4) is 0 Å². The van der Waals surface area contributed by atoms with Crippen LogP contribution in [0.5, 0.6) is 0 Å². The first-order valence-electron chi connectivity index (χ1n) is 43.1. The second-order valence-electron chi connectivity index (χ2n) is 30.7. The number of rotatable bonds is 74. The summed E-state index contributed by atoms with van der Waals surface area (Å²) in [6, 6.07) is -0.931. The summed E-state index contributed by atoms with van der Waals surface area (Å²) in [6.07, 6.45) is 74.4. The Balaban J connectivity index is 1.60. The Bertz CT molecular complexity index is 1760. The van der Waals surface area contributed by atoms with Crippen molar-refractivity contribution < 1.29 is 64.6 Å². The first kappa shape index (κ1) is 93.6. The van der Waals surface area contributed by atoms with E-state index in [-0.39, 0.29) is 18.9 Å². The molecule has 0 radical (unpaired) electrons. The van der Waals surface area contributed by atoms with E-state index in [4.69, 9.17) is 18.9 Å². The van der Waals surface area contributed by atoms with Crippen LogP contribution < -0.4 is 5.32 Å². The fourth-order valence-corrected chi connectivity index (χ4v) is 14.6. The zero-order valence-corrected chi connectivity index (χ0v) is 64.5. The summed E-state index contributed by atoms with van der Waals surface area (Å²) in [5.74, 6) is -0.239. The van der Waals surface area contributed by atoms with Crippen molar-refractivity contribution in [2.75, 3.05) is 19.8 Å². The highest BCUT2D eigenvalue weighted by atomic mass is 16.7. The van der Waals surface area contributed by atoms with Gasteiger partial charge in [0.05, 0.1) is 32.0 Å². The van der Waals surface area contributed by atoms with E-state index in [9.17, 15) is 45.6 Å². The van der Waals surface area contributed by atoms with Gasteiger partial charge in [0, 0.05) is 6.42 Å². The van der Waals surface area contributed by atoms with E-state index in [0.717, 1.165) is 32.1 Å². The van der Waals surface area contributed by atoms with Crippen molar-refractivity contribution in [2.24, 2.45) is 0 Å². The summed E-state index contributed by atoms with van der Waals surface area (Å²) in [5.41, 5.74) is 0. The van der Waals surface area contributed by atoms with Gasteiger partial charge >= 0.3 is 0 Å². The van der Waals surface area contributed by atoms with Crippen LogP contribution in [0.2, 0.25) is 0 Å². The fraction of sp³-hybridized carbons (Fsp3) is 0.941. The van der Waals surface area contributed by atoms with E-state index in [1.807, 2.05) is 6.08 Å². The summed E-state index contributed by atoms with van der Waals surface area (Å²) in [5, 5.41) is 87.8. The third-order valence-electron chi connectivity index (χ3n) is 21.4. The zero-order valence-electron chi connectivity index (χ0n) is 64.5. The fourth-order valence-electron chi connectivity index (χ4n) is 14.6. The van der Waals surface area contributed by atoms with Gasteiger partial charge in [0.1, 0.15) is 48.8 Å². The van der Waals surface area contributed by atoms with Gasteiger partial charge in [-0.3, -0.25) is 4.79 Å². The second kappa shape index (κ2) is 69.5. The first-order valence-corrected chi connectivity index (χ1v) is 43.1. The molecule has 0 spiro atoms. The lowest BCUT2D eigenvalue weighted by Crippen LogP contribution is -2.65. The van der Waals surface area contributed by atoms with E-state index in [1.165, 1.54) is 353 Å². The molecule has 12 unspecified atom stereocenters. The molecule has 2 fully saturated rings. The lowest BCUT2D eigenvalue weighted by atomic mass is 9.97. The Morgan fingerprint density at radius 1 is 0.354 bits per heavy atom. The third kappa shape index (κ3) is 52.2. The molecule has 586 valence electrons. The van der Waals surface area contributed by atoms with Crippen LogP contribution in [0.15, 0.2) is 24.3 Å². The van der Waals surface area contributed by atoms with Crippen LogP contribution in [0.4, 0.5) is 0 Å². The number of aliphatic hydroxyl groups is 8. The molecule has 0 saturated carbocycles. The van der Waals surface area contributed by atoms with Crippen molar-refractivity contribution in [3.05, 3.63) is 24.3 Å². The van der Waals surface area contributed by atoms with E-state index in [2.05, 4.69) is 31.3 Å². The molecule has 2 aliphatic heterocycles. The van der Waals surface area contributed by atoms with E-state index in [0.29, 0.717) is 12.8 Å². The monoisotopic (exact) mass is 1410 g/mol. The molecule has 14 heteroatoms. The quantitative estimate of drug-likeness (QED) is 0.0204. The minimum Gasteiger partial charge on any atom is -0.394 e. The van der Waals surface area contributed by atoms with Gasteiger partial charge in [0.15, 0.2) is 12.6 Å². The lowest BCUT2D eigenvalue weighted by Gasteiger charge is -2.46. The lowest BCUT2D eigenvalue weighted by molar-refractivity contribution is -0.359. The number of carbonyl (C=O) groups excluding carboxylic acids is 1. The molecule has 2 aliphatic rings. The first-order chi connectivity index (χ1) is 48.6. The highest BCUT2D eigenvalue weighted by molar-refractivity contribution is 5.76. The van der Waals surface area contributed by atoms with E-state index < -0.39 is 86.8 Å². The maximum Gasteiger partial charge on any atom is 0.220 e. The van der Waals surface area contributed by atoms with Gasteiger partial charge in [-0.1, -0.05) is 404 Å². The van der Waals surface area contributed by atoms with Gasteiger partial charge in [0.25, 0.3) is 0 Å². The van der Waals surface area contributed by atoms with Crippen molar-refractivity contribution in [1.82, 2.24) is 5.32 Å². The molecule has 14 nitrogen and oxygen atoms in total. The van der Waals surface area contributed by atoms with Crippen LogP contribution in [0, 0.1) is 0 Å². The predicted molar refractivity (Wildman–Crippen MR) is 411 cm³/mol. The molecule has 9 N–H and O–H groups in total. The standard InChI is InChI=1S/C85H163NO13/c1-3-5-7-9-11-13-15-17-19-21-23-25-27-29-31-33-35-37-38-40-42-44-46-48-50-52-54-56-58-60-62-64-66-68-74(89)73(72-96-84-82(95)80(93)83(76(71-88)98-84)99-85-81(94)79(92)78(91)75(70-87)97-85)86-77(90)69-67-65-63-61-59-57-55-53-51-49-47-45-43-41-39-36-34-32-30-28-26-24-22-20-18-16-14-12-10-8-6-4-2/h58,60,66,68,73-76,78-85,87-89,91-95H,3-57,59,61-65,67,69-72H2,1-2H3,(H,86,90)/b60-58+,68-66+. The molecule has 1 amide bonds. The molecular formula is C85H163NO13. The highest BCUT2D eigenvalue weighted by Gasteiger charge is 2.51. The topological polar surface area (TPSA) is 228 Å². The summed E-state index contributed by atoms with van der Waals surface area (Å²) < 4.78 is 22.9. The van der Waals surface area contributed by atoms with Crippen LogP contribution in [0.1, 0.15) is 418 Å². The number of ether oxygens (including phenoxy) is 4. The minimum atomic E-state index is -1.79. The molecule has 12 atom stereocenters. The molecule has 0 aromatic carbocycles. The van der Waals surface area contributed by atoms with Crippen LogP contribution in [0.3, 0.4) is 0 Å². The molecule has 0 bridgehead atoms. The van der Waals surface area contributed by atoms with Crippen LogP contribution in [0.25, 0.3) is 0 Å². The molecule has 0 aromatic rings. The van der Waals surface area contributed by atoms with Gasteiger partial charge in [-0.25, -0.2) is 0 Å². The van der Waals surface area contributed by atoms with Crippen molar-refractivity contribution in [3.63, 3.8) is 0 Å². The Kier molecular flexibility index (Phi) is 65.7. The minimum absolute atomic E-state index is 0.239. The molecule has 0 aliphatic carbocycles. The average Bonchev–Trinajstić information content (AvgIpc) is 0.794. The van der Waals surface area contributed by atoms with Gasteiger partial charge in [-0.15, -0.1) is 0 Å². The molecule has 2 heterocycles. The van der Waals surface area contributed by atoms with Crippen molar-refractivity contribution >= 4 is 5.91 Å². The molecule has 2 saturated heterocycles. The highest BCUT2D eigenvalue weighted by Crippen LogP contribution is 2.31. The summed E-state index contributed by atoms with van der Waals surface area (Å²) in [6.45, 7) is 2.87. The number of hydrogen-bond acceptors (Lipinski definition) is 13. The average molecular weight is 1410 g/mol. The number of unbranched alkanes of at least 4 members (excludes halogenated alkanes) is 59. The Labute approximate surface area is 609 Å². The summed E-state index contributed by atoms with van der Waals surface area (Å²) in [7, 11) is 0. The third-order valence-corrected chi connectivity index (χ3v) is 21.4. The van der Waals surface area contributed by atoms with Crippen molar-refractivity contribution in [1.29, 1.82) is 0 Å². The second-order valence-corrected chi connectivity index (χ2v) is 30.7. The molecular weight excluding hydrogens is 1240 g/mol. The largest absolute Gasteiger partial charge is 0.394 e. The number of aliphatic hydroxyl groups excluding tert-OH is 8.